The van der Waals surface area contributed by atoms with Crippen molar-refractivity contribution in [3.8, 4) is 61.9 Å². The number of hydrogen-bond donors (Lipinski definition) is 5. The monoisotopic (exact) mass is 1020 g/mol. The van der Waals surface area contributed by atoms with E-state index in [1.165, 1.54) is 31.4 Å². The molecule has 0 spiro atoms. The van der Waals surface area contributed by atoms with Crippen LogP contribution in [0.15, 0.2) is 148 Å². The lowest BCUT2D eigenvalue weighted by Crippen LogP contribution is -2.29. The van der Waals surface area contributed by atoms with E-state index in [9.17, 15) is 0 Å². The third kappa shape index (κ3) is 13.2. The van der Waals surface area contributed by atoms with E-state index in [4.69, 9.17) is 33.4 Å². The molecule has 21 nitrogen and oxygen atoms in total. The average molecular weight is 1020 g/mol. The van der Waals surface area contributed by atoms with Crippen LogP contribution in [-0.4, -0.2) is 94.2 Å². The molecule has 0 saturated carbocycles. The molecule has 0 aliphatic carbocycles. The van der Waals surface area contributed by atoms with Crippen molar-refractivity contribution in [2.24, 2.45) is 21.1 Å². The Hall–Kier alpha value is -9.50. The molecule has 0 amide bonds. The number of nitrogen functional groups attached to an aromatic ring is 5. The second kappa shape index (κ2) is 25.9. The van der Waals surface area contributed by atoms with E-state index in [0.29, 0.717) is 34.5 Å². The Morgan fingerprint density at radius 1 is 0.553 bits per heavy atom. The molecule has 1 saturated heterocycles. The van der Waals surface area contributed by atoms with Gasteiger partial charge < -0.3 is 47.1 Å². The van der Waals surface area contributed by atoms with Crippen molar-refractivity contribution in [3.63, 3.8) is 0 Å². The molecular weight excluding hydrogens is 957 g/mol. The minimum Gasteiger partial charge on any atom is -0.494 e. The summed E-state index contributed by atoms with van der Waals surface area (Å²) in [5, 5.41) is 7.60. The van der Waals surface area contributed by atoms with Crippen LogP contribution in [0, 0.1) is 6.92 Å². The van der Waals surface area contributed by atoms with Crippen molar-refractivity contribution in [2.75, 3.05) is 49.4 Å². The standard InChI is InChI=1S/C17H21N3.C10H12N4O.2C10H12N4.C8H9N5/c1-20-11-3-2-4-17(20)14-7-5-13(6-8-14)15-9-10-19-12-16(15)18;1-14-6-13-4-8(14)10-7(11)3-12-5-9(10)15-2;1-7-10(14(2)6-13-7)8-3-4-12-5-9(8)11;1-2-14-7-13-6-10(14)8-3-4-12-5-9(8)11;1-13-8(5-11-12-13)6-2-3-10-4-7(6)9/h5-10,12,17H,2-4,11,18H2,1H3;3-6H,11H2,1-2H3;3-6H,11H2,1-2H3;3-7H,2,11H2,1H3;2-5H,9H2,1H3/t17-;;;;/m1..../s1. The van der Waals surface area contributed by atoms with Gasteiger partial charge in [0.1, 0.15) is 5.75 Å². The molecule has 10 heterocycles. The number of rotatable bonds is 8. The first-order chi connectivity index (χ1) is 36.8. The Morgan fingerprint density at radius 2 is 1.12 bits per heavy atom. The Labute approximate surface area is 442 Å². The van der Waals surface area contributed by atoms with E-state index in [1.54, 1.807) is 105 Å². The van der Waals surface area contributed by atoms with Crippen LogP contribution in [0.25, 0.3) is 56.2 Å². The van der Waals surface area contributed by atoms with Crippen LogP contribution >= 0.6 is 0 Å². The maximum atomic E-state index is 5.98. The van der Waals surface area contributed by atoms with Gasteiger partial charge in [-0.25, -0.2) is 19.6 Å². The summed E-state index contributed by atoms with van der Waals surface area (Å²) < 4.78 is 12.8. The number of benzene rings is 1. The molecule has 21 heteroatoms. The normalized spacial score (nSPS) is 12.9. The number of nitrogens with zero attached hydrogens (tertiary/aromatic N) is 15. The van der Waals surface area contributed by atoms with Crippen LogP contribution < -0.4 is 33.4 Å². The van der Waals surface area contributed by atoms with Crippen LogP contribution in [0.4, 0.5) is 28.4 Å². The van der Waals surface area contributed by atoms with Gasteiger partial charge >= 0.3 is 0 Å². The van der Waals surface area contributed by atoms with Crippen molar-refractivity contribution in [3.05, 3.63) is 159 Å². The lowest BCUT2D eigenvalue weighted by molar-refractivity contribution is 0.187. The van der Waals surface area contributed by atoms with Gasteiger partial charge in [-0.2, -0.15) is 0 Å². The summed E-state index contributed by atoms with van der Waals surface area (Å²) in [7, 11) is 9.49. The fourth-order valence-electron chi connectivity index (χ4n) is 8.70. The fourth-order valence-corrected chi connectivity index (χ4v) is 8.70. The fraction of sp³-hybridized carbons (Fsp3) is 0.236. The van der Waals surface area contributed by atoms with Gasteiger partial charge in [-0.05, 0) is 75.7 Å². The first-order valence-electron chi connectivity index (χ1n) is 24.5. The van der Waals surface area contributed by atoms with E-state index in [1.807, 2.05) is 72.2 Å². The molecule has 1 aliphatic heterocycles. The Kier molecular flexibility index (Phi) is 18.5. The summed E-state index contributed by atoms with van der Waals surface area (Å²) in [6.07, 6.45) is 31.3. The highest BCUT2D eigenvalue weighted by molar-refractivity contribution is 5.79. The Balaban J connectivity index is 0.000000140. The van der Waals surface area contributed by atoms with Crippen LogP contribution in [0.3, 0.4) is 0 Å². The molecule has 10 aromatic rings. The van der Waals surface area contributed by atoms with Crippen molar-refractivity contribution in [2.45, 2.75) is 45.7 Å². The highest BCUT2D eigenvalue weighted by atomic mass is 16.5. The molecular formula is C55H66N20O. The van der Waals surface area contributed by atoms with Gasteiger partial charge in [0.2, 0.25) is 0 Å². The van der Waals surface area contributed by atoms with Crippen molar-refractivity contribution in [1.29, 1.82) is 0 Å². The number of likely N-dealkylation sites (tertiary alicyclic amines) is 1. The zero-order valence-electron chi connectivity index (χ0n) is 44.0. The zero-order valence-corrected chi connectivity index (χ0v) is 44.0. The molecule has 11 rings (SSSR count). The van der Waals surface area contributed by atoms with Gasteiger partial charge in [-0.3, -0.25) is 29.8 Å². The first kappa shape index (κ1) is 54.3. The lowest BCUT2D eigenvalue weighted by atomic mass is 9.94. The number of ether oxygens (including phenoxy) is 1. The predicted octanol–water partition coefficient (Wildman–Crippen LogP) is 7.94. The molecule has 1 aliphatic rings. The second-order valence-electron chi connectivity index (χ2n) is 17.8. The first-order valence-corrected chi connectivity index (χ1v) is 24.5. The minimum atomic E-state index is 0.563. The molecule has 0 radical (unpaired) electrons. The van der Waals surface area contributed by atoms with Gasteiger partial charge in [-0.15, -0.1) is 5.10 Å². The summed E-state index contributed by atoms with van der Waals surface area (Å²) in [5.74, 6) is 0.651. The SMILES string of the molecule is CCn1cncc1-c1ccncc1N.CN1CCCC[C@@H]1c1ccc(-c2ccncc2N)cc1.COc1cncc(N)c1-c1cncn1C.Cc1ncn(C)c1-c1ccncc1N.Cn1nncc1-c1ccncc1N. The molecule has 10 N–H and O–H groups in total. The van der Waals surface area contributed by atoms with E-state index >= 15 is 0 Å². The largest absolute Gasteiger partial charge is 0.494 e. The number of aryl methyl sites for hydroxylation is 5. The molecule has 9 aromatic heterocycles. The van der Waals surface area contributed by atoms with Crippen LogP contribution in [0.1, 0.15) is 43.5 Å². The van der Waals surface area contributed by atoms with E-state index in [-0.39, 0.29) is 0 Å². The average Bonchev–Trinajstić information content (AvgIpc) is 4.26. The van der Waals surface area contributed by atoms with Gasteiger partial charge in [0.05, 0.1) is 144 Å². The van der Waals surface area contributed by atoms with Crippen LogP contribution in [-0.2, 0) is 27.7 Å². The number of anilines is 5. The maximum absolute atomic E-state index is 5.98. The molecule has 0 unspecified atom stereocenters. The summed E-state index contributed by atoms with van der Waals surface area (Å²) >= 11 is 0. The van der Waals surface area contributed by atoms with Crippen LogP contribution in [0.5, 0.6) is 5.75 Å². The number of aromatic nitrogens is 14. The number of pyridine rings is 5. The maximum Gasteiger partial charge on any atom is 0.148 e. The number of piperidine rings is 1. The smallest absolute Gasteiger partial charge is 0.148 e. The summed E-state index contributed by atoms with van der Waals surface area (Å²) in [4.78, 5) is 34.7. The topological polar surface area (TPSA) is 291 Å². The van der Waals surface area contributed by atoms with Gasteiger partial charge in [0.15, 0.2) is 0 Å². The highest BCUT2D eigenvalue weighted by Crippen LogP contribution is 2.34. The summed E-state index contributed by atoms with van der Waals surface area (Å²) in [6.45, 7) is 6.12. The molecule has 1 aromatic carbocycles. The molecule has 1 atom stereocenters. The number of hydrogen-bond acceptors (Lipinski definition) is 17. The van der Waals surface area contributed by atoms with Gasteiger partial charge in [0.25, 0.3) is 0 Å². The number of methoxy groups -OCH3 is 1. The third-order valence-corrected chi connectivity index (χ3v) is 12.7. The summed E-state index contributed by atoms with van der Waals surface area (Å²) in [5.41, 5.74) is 44.8. The van der Waals surface area contributed by atoms with E-state index < -0.39 is 0 Å². The molecule has 0 bridgehead atoms. The van der Waals surface area contributed by atoms with Crippen molar-refractivity contribution in [1.82, 2.24) is 73.5 Å². The Bertz CT molecular complexity index is 3390. The van der Waals surface area contributed by atoms with Gasteiger partial charge in [0, 0.05) is 80.8 Å². The van der Waals surface area contributed by atoms with Crippen LogP contribution in [0.2, 0.25) is 0 Å². The Morgan fingerprint density at radius 3 is 1.63 bits per heavy atom. The zero-order chi connectivity index (χ0) is 54.1. The second-order valence-corrected chi connectivity index (χ2v) is 17.8. The minimum absolute atomic E-state index is 0.563. The van der Waals surface area contributed by atoms with Crippen molar-refractivity contribution < 1.29 is 4.74 Å². The van der Waals surface area contributed by atoms with Gasteiger partial charge in [-0.1, -0.05) is 35.9 Å². The molecule has 392 valence electrons. The van der Waals surface area contributed by atoms with Crippen molar-refractivity contribution >= 4 is 28.4 Å². The number of nitrogens with two attached hydrogens (primary N) is 5. The third-order valence-electron chi connectivity index (χ3n) is 12.7. The molecule has 1 fully saturated rings. The number of imidazole rings is 3. The molecule has 76 heavy (non-hydrogen) atoms. The highest BCUT2D eigenvalue weighted by Gasteiger charge is 2.21. The predicted molar refractivity (Wildman–Crippen MR) is 300 cm³/mol. The summed E-state index contributed by atoms with van der Waals surface area (Å²) in [6, 6.07) is 17.0. The van der Waals surface area contributed by atoms with E-state index in [0.717, 1.165) is 74.1 Å². The quantitative estimate of drug-likeness (QED) is 0.0965. The lowest BCUT2D eigenvalue weighted by Gasteiger charge is -2.32. The van der Waals surface area contributed by atoms with E-state index in [2.05, 4.69) is 93.3 Å².